The number of hydrogen-bond acceptors (Lipinski definition) is 3. The van der Waals surface area contributed by atoms with E-state index in [0.717, 1.165) is 29.4 Å². The average Bonchev–Trinajstić information content (AvgIpc) is 3.21. The van der Waals surface area contributed by atoms with E-state index in [-0.39, 0.29) is 17.7 Å². The van der Waals surface area contributed by atoms with Crippen molar-refractivity contribution in [1.82, 2.24) is 15.1 Å². The van der Waals surface area contributed by atoms with Gasteiger partial charge in [0.1, 0.15) is 0 Å². The Morgan fingerprint density at radius 3 is 2.92 bits per heavy atom. The third-order valence-corrected chi connectivity index (χ3v) is 5.25. The first-order valence-corrected chi connectivity index (χ1v) is 8.74. The first-order valence-electron chi connectivity index (χ1n) is 8.74. The van der Waals surface area contributed by atoms with E-state index in [0.29, 0.717) is 19.0 Å². The molecule has 6 heteroatoms. The minimum atomic E-state index is -0.250. The van der Waals surface area contributed by atoms with Gasteiger partial charge in [-0.1, -0.05) is 19.3 Å². The molecule has 1 aliphatic carbocycles. The molecule has 1 unspecified atom stereocenters. The lowest BCUT2D eigenvalue weighted by Crippen LogP contribution is -2.38. The Balaban J connectivity index is 1.42. The second-order valence-electron chi connectivity index (χ2n) is 6.90. The minimum Gasteiger partial charge on any atom is -0.339 e. The molecule has 1 saturated carbocycles. The third-order valence-electron chi connectivity index (χ3n) is 5.25. The highest BCUT2D eigenvalue weighted by molar-refractivity contribution is 5.98. The van der Waals surface area contributed by atoms with Crippen molar-refractivity contribution in [2.45, 2.75) is 44.6 Å². The van der Waals surface area contributed by atoms with Gasteiger partial charge < -0.3 is 10.2 Å². The Morgan fingerprint density at radius 2 is 2.08 bits per heavy atom. The molecule has 1 aromatic heterocycles. The van der Waals surface area contributed by atoms with Gasteiger partial charge in [0, 0.05) is 30.1 Å². The molecule has 2 N–H and O–H groups in total. The standard InChI is InChI=1S/C18H22N4O2/c23-17-9-13(11-22(17)15-4-2-1-3-5-15)18(24)20-14-6-7-16-12(8-14)10-19-21-16/h6-8,10,13,15H,1-5,9,11H2,(H,19,21)(H,20,24). The van der Waals surface area contributed by atoms with Gasteiger partial charge in [-0.3, -0.25) is 14.7 Å². The Kier molecular flexibility index (Phi) is 3.96. The van der Waals surface area contributed by atoms with Crippen molar-refractivity contribution in [3.05, 3.63) is 24.4 Å². The molecule has 2 heterocycles. The molecule has 0 spiro atoms. The van der Waals surface area contributed by atoms with Gasteiger partial charge >= 0.3 is 0 Å². The summed E-state index contributed by atoms with van der Waals surface area (Å²) >= 11 is 0. The number of nitrogens with zero attached hydrogens (tertiary/aromatic N) is 2. The highest BCUT2D eigenvalue weighted by Crippen LogP contribution is 2.29. The smallest absolute Gasteiger partial charge is 0.229 e. The zero-order valence-electron chi connectivity index (χ0n) is 13.6. The molecular weight excluding hydrogens is 304 g/mol. The monoisotopic (exact) mass is 326 g/mol. The fraction of sp³-hybridized carbons (Fsp3) is 0.500. The first kappa shape index (κ1) is 15.2. The molecule has 0 radical (unpaired) electrons. The average molecular weight is 326 g/mol. The molecule has 2 fully saturated rings. The van der Waals surface area contributed by atoms with Crippen LogP contribution in [0.2, 0.25) is 0 Å². The first-order chi connectivity index (χ1) is 11.7. The normalized spacial score (nSPS) is 22.2. The number of likely N-dealkylation sites (tertiary alicyclic amines) is 1. The summed E-state index contributed by atoms with van der Waals surface area (Å²) in [6.45, 7) is 0.559. The summed E-state index contributed by atoms with van der Waals surface area (Å²) in [5.41, 5.74) is 1.69. The van der Waals surface area contributed by atoms with Crippen LogP contribution in [-0.4, -0.2) is 39.5 Å². The summed E-state index contributed by atoms with van der Waals surface area (Å²) in [5.74, 6) is -0.184. The zero-order valence-corrected chi connectivity index (χ0v) is 13.6. The molecule has 2 amide bonds. The van der Waals surface area contributed by atoms with E-state index in [2.05, 4.69) is 15.5 Å². The van der Waals surface area contributed by atoms with Gasteiger partial charge in [-0.2, -0.15) is 5.10 Å². The molecular formula is C18H22N4O2. The SMILES string of the molecule is O=C(Nc1ccc2[nH]ncc2c1)C1CC(=O)N(C2CCCCC2)C1. The highest BCUT2D eigenvalue weighted by Gasteiger charge is 2.38. The van der Waals surface area contributed by atoms with Crippen LogP contribution in [0.3, 0.4) is 0 Å². The fourth-order valence-corrected chi connectivity index (χ4v) is 3.92. The van der Waals surface area contributed by atoms with Crippen molar-refractivity contribution >= 4 is 28.4 Å². The lowest BCUT2D eigenvalue weighted by Gasteiger charge is -2.31. The maximum Gasteiger partial charge on any atom is 0.229 e. The number of amides is 2. The van der Waals surface area contributed by atoms with E-state index in [4.69, 9.17) is 0 Å². The van der Waals surface area contributed by atoms with E-state index in [9.17, 15) is 9.59 Å². The van der Waals surface area contributed by atoms with Crippen LogP contribution in [0.15, 0.2) is 24.4 Å². The van der Waals surface area contributed by atoms with Crippen LogP contribution >= 0.6 is 0 Å². The van der Waals surface area contributed by atoms with Crippen LogP contribution in [0.5, 0.6) is 0 Å². The molecule has 6 nitrogen and oxygen atoms in total. The van der Waals surface area contributed by atoms with Crippen LogP contribution in [0.25, 0.3) is 10.9 Å². The van der Waals surface area contributed by atoms with Gasteiger partial charge in [-0.25, -0.2) is 0 Å². The molecule has 126 valence electrons. The molecule has 0 bridgehead atoms. The van der Waals surface area contributed by atoms with Crippen molar-refractivity contribution in [3.8, 4) is 0 Å². The predicted octanol–water partition coefficient (Wildman–Crippen LogP) is 2.68. The lowest BCUT2D eigenvalue weighted by molar-refractivity contribution is -0.130. The number of hydrogen-bond donors (Lipinski definition) is 2. The van der Waals surface area contributed by atoms with Crippen LogP contribution in [0, 0.1) is 5.92 Å². The molecule has 1 atom stereocenters. The van der Waals surface area contributed by atoms with Crippen molar-refractivity contribution in [2.75, 3.05) is 11.9 Å². The summed E-state index contributed by atoms with van der Waals surface area (Å²) in [7, 11) is 0. The highest BCUT2D eigenvalue weighted by atomic mass is 16.2. The number of H-pyrrole nitrogens is 1. The second kappa shape index (κ2) is 6.26. The van der Waals surface area contributed by atoms with Crippen LogP contribution in [-0.2, 0) is 9.59 Å². The summed E-state index contributed by atoms with van der Waals surface area (Å²) < 4.78 is 0. The number of anilines is 1. The Labute approximate surface area is 140 Å². The number of benzene rings is 1. The molecule has 4 rings (SSSR count). The predicted molar refractivity (Wildman–Crippen MR) is 91.4 cm³/mol. The number of nitrogens with one attached hydrogen (secondary N) is 2. The maximum absolute atomic E-state index is 12.5. The number of rotatable bonds is 3. The molecule has 2 aliphatic rings. The van der Waals surface area contributed by atoms with E-state index in [1.807, 2.05) is 23.1 Å². The summed E-state index contributed by atoms with van der Waals surface area (Å²) in [4.78, 5) is 26.8. The van der Waals surface area contributed by atoms with E-state index in [1.165, 1.54) is 19.3 Å². The Bertz CT molecular complexity index is 763. The number of carbonyl (C=O) groups is 2. The maximum atomic E-state index is 12.5. The van der Waals surface area contributed by atoms with Gasteiger partial charge in [0.2, 0.25) is 11.8 Å². The van der Waals surface area contributed by atoms with E-state index < -0.39 is 0 Å². The van der Waals surface area contributed by atoms with Gasteiger partial charge in [0.05, 0.1) is 17.6 Å². The Hall–Kier alpha value is -2.37. The quantitative estimate of drug-likeness (QED) is 0.910. The van der Waals surface area contributed by atoms with Crippen molar-refractivity contribution in [3.63, 3.8) is 0 Å². The van der Waals surface area contributed by atoms with Gasteiger partial charge in [0.25, 0.3) is 0 Å². The Morgan fingerprint density at radius 1 is 1.25 bits per heavy atom. The number of aromatic nitrogens is 2. The molecule has 1 aromatic carbocycles. The zero-order chi connectivity index (χ0) is 16.5. The number of fused-ring (bicyclic) bond motifs is 1. The van der Waals surface area contributed by atoms with E-state index >= 15 is 0 Å². The fourth-order valence-electron chi connectivity index (χ4n) is 3.92. The van der Waals surface area contributed by atoms with E-state index in [1.54, 1.807) is 6.20 Å². The van der Waals surface area contributed by atoms with Crippen molar-refractivity contribution in [1.29, 1.82) is 0 Å². The van der Waals surface area contributed by atoms with Crippen molar-refractivity contribution < 1.29 is 9.59 Å². The molecule has 24 heavy (non-hydrogen) atoms. The van der Waals surface area contributed by atoms with Gasteiger partial charge in [-0.05, 0) is 31.0 Å². The molecule has 1 aliphatic heterocycles. The van der Waals surface area contributed by atoms with Crippen LogP contribution < -0.4 is 5.32 Å². The lowest BCUT2D eigenvalue weighted by atomic mass is 9.94. The number of carbonyl (C=O) groups excluding carboxylic acids is 2. The van der Waals surface area contributed by atoms with Crippen LogP contribution in [0.4, 0.5) is 5.69 Å². The summed E-state index contributed by atoms with van der Waals surface area (Å²) in [6.07, 6.45) is 7.87. The minimum absolute atomic E-state index is 0.0653. The number of aromatic amines is 1. The topological polar surface area (TPSA) is 78.1 Å². The second-order valence-corrected chi connectivity index (χ2v) is 6.90. The van der Waals surface area contributed by atoms with Gasteiger partial charge in [-0.15, -0.1) is 0 Å². The van der Waals surface area contributed by atoms with Crippen LogP contribution in [0.1, 0.15) is 38.5 Å². The molecule has 1 saturated heterocycles. The molecule has 2 aromatic rings. The summed E-state index contributed by atoms with van der Waals surface area (Å²) in [6, 6.07) is 5.98. The van der Waals surface area contributed by atoms with Crippen molar-refractivity contribution in [2.24, 2.45) is 5.92 Å². The van der Waals surface area contributed by atoms with Gasteiger partial charge in [0.15, 0.2) is 0 Å². The largest absolute Gasteiger partial charge is 0.339 e. The third kappa shape index (κ3) is 2.88. The summed E-state index contributed by atoms with van der Waals surface area (Å²) in [5, 5.41) is 10.8.